The molecule has 0 aromatic heterocycles. The number of hydrogen-bond donors (Lipinski definition) is 1. The van der Waals surface area contributed by atoms with Crippen molar-refractivity contribution in [2.75, 3.05) is 51.8 Å². The molecule has 0 amide bonds. The number of esters is 1. The summed E-state index contributed by atoms with van der Waals surface area (Å²) in [5.41, 5.74) is 0.314. The number of anilines is 1. The summed E-state index contributed by atoms with van der Waals surface area (Å²) in [6.07, 6.45) is 4.34. The number of aliphatic imine (C=N–C) groups is 1. The van der Waals surface area contributed by atoms with E-state index in [0.29, 0.717) is 38.3 Å². The van der Waals surface area contributed by atoms with Gasteiger partial charge in [0.2, 0.25) is 0 Å². The molecular weight excluding hydrogens is 493 g/mol. The summed E-state index contributed by atoms with van der Waals surface area (Å²) in [4.78, 5) is 19.4. The molecule has 0 saturated carbocycles. The van der Waals surface area contributed by atoms with Crippen molar-refractivity contribution in [3.05, 3.63) is 29.8 Å². The topological polar surface area (TPSA) is 57.2 Å². The number of methoxy groups -OCH3 is 1. The van der Waals surface area contributed by atoms with Gasteiger partial charge in [-0.15, -0.1) is 24.0 Å². The van der Waals surface area contributed by atoms with Crippen LogP contribution in [0.25, 0.3) is 0 Å². The number of halogens is 3. The average Bonchev–Trinajstić information content (AvgIpc) is 2.72. The van der Waals surface area contributed by atoms with Crippen LogP contribution in [0.3, 0.4) is 0 Å². The molecule has 1 saturated heterocycles. The Balaban J connectivity index is 0.00000420. The summed E-state index contributed by atoms with van der Waals surface area (Å²) in [5, 5.41) is 3.36. The lowest BCUT2D eigenvalue weighted by atomic mass is 10.1. The van der Waals surface area contributed by atoms with Crippen LogP contribution >= 0.6 is 24.0 Å². The fourth-order valence-corrected chi connectivity index (χ4v) is 3.27. The van der Waals surface area contributed by atoms with Crippen molar-refractivity contribution in [1.82, 2.24) is 10.2 Å². The van der Waals surface area contributed by atoms with Gasteiger partial charge in [0.1, 0.15) is 11.6 Å². The van der Waals surface area contributed by atoms with Gasteiger partial charge < -0.3 is 19.9 Å². The van der Waals surface area contributed by atoms with Crippen molar-refractivity contribution in [1.29, 1.82) is 0 Å². The second-order valence-electron chi connectivity index (χ2n) is 6.78. The highest BCUT2D eigenvalue weighted by atomic mass is 127. The lowest BCUT2D eigenvalue weighted by Gasteiger charge is -2.37. The van der Waals surface area contributed by atoms with Gasteiger partial charge >= 0.3 is 5.97 Å². The molecule has 9 heteroatoms. The number of carbonyl (C=O) groups excluding carboxylic acids is 1. The van der Waals surface area contributed by atoms with Gasteiger partial charge in [-0.05, 0) is 25.0 Å². The van der Waals surface area contributed by atoms with Crippen LogP contribution in [-0.2, 0) is 9.53 Å². The monoisotopic (exact) mass is 524 g/mol. The van der Waals surface area contributed by atoms with E-state index in [1.165, 1.54) is 19.2 Å². The normalized spacial score (nSPS) is 14.4. The Bertz CT molecular complexity index is 668. The second kappa shape index (κ2) is 13.6. The number of guanidine groups is 1. The van der Waals surface area contributed by atoms with Gasteiger partial charge in [0.15, 0.2) is 5.96 Å². The predicted octanol–water partition coefficient (Wildman–Crippen LogP) is 3.40. The molecule has 0 radical (unpaired) electrons. The van der Waals surface area contributed by atoms with Gasteiger partial charge in [0.25, 0.3) is 0 Å². The van der Waals surface area contributed by atoms with Gasteiger partial charge in [-0.3, -0.25) is 9.79 Å². The van der Waals surface area contributed by atoms with Crippen molar-refractivity contribution < 1.29 is 18.3 Å². The largest absolute Gasteiger partial charge is 0.469 e. The molecule has 1 N–H and O–H groups in total. The van der Waals surface area contributed by atoms with Crippen molar-refractivity contribution in [3.8, 4) is 0 Å². The SMILES string of the molecule is CN=C(NCCCCCCC(=O)OC)N1CCN(c2cc(F)ccc2F)CC1.I. The van der Waals surface area contributed by atoms with Crippen molar-refractivity contribution in [2.45, 2.75) is 32.1 Å². The second-order valence-corrected chi connectivity index (χ2v) is 6.78. The zero-order valence-corrected chi connectivity index (χ0v) is 19.5. The molecular formula is C20H31F2IN4O2. The summed E-state index contributed by atoms with van der Waals surface area (Å²) in [7, 11) is 3.16. The van der Waals surface area contributed by atoms with E-state index in [2.05, 4.69) is 19.9 Å². The third kappa shape index (κ3) is 8.31. The molecule has 1 aliphatic rings. The third-order valence-electron chi connectivity index (χ3n) is 4.86. The standard InChI is InChI=1S/C20H30F2N4O2.HI/c1-23-20(24-10-6-4-3-5-7-19(27)28-2)26-13-11-25(12-14-26)18-15-16(21)8-9-17(18)22;/h8-9,15H,3-7,10-14H2,1-2H3,(H,23,24);1H. The van der Waals surface area contributed by atoms with Crippen LogP contribution in [-0.4, -0.2) is 63.7 Å². The maximum atomic E-state index is 14.0. The number of piperazine rings is 1. The smallest absolute Gasteiger partial charge is 0.305 e. The number of benzene rings is 1. The molecule has 1 aromatic carbocycles. The maximum Gasteiger partial charge on any atom is 0.305 e. The molecule has 0 unspecified atom stereocenters. The fraction of sp³-hybridized carbons (Fsp3) is 0.600. The van der Waals surface area contributed by atoms with E-state index in [1.54, 1.807) is 7.05 Å². The molecule has 2 rings (SSSR count). The molecule has 1 heterocycles. The predicted molar refractivity (Wildman–Crippen MR) is 122 cm³/mol. The van der Waals surface area contributed by atoms with Gasteiger partial charge in [0.05, 0.1) is 12.8 Å². The quantitative estimate of drug-likeness (QED) is 0.186. The fourth-order valence-electron chi connectivity index (χ4n) is 3.27. The minimum atomic E-state index is -0.428. The Kier molecular flexibility index (Phi) is 11.9. The van der Waals surface area contributed by atoms with E-state index in [1.807, 2.05) is 4.90 Å². The van der Waals surface area contributed by atoms with Gasteiger partial charge in [-0.1, -0.05) is 12.8 Å². The lowest BCUT2D eigenvalue weighted by molar-refractivity contribution is -0.140. The minimum absolute atomic E-state index is 0. The molecule has 1 aliphatic heterocycles. The molecule has 1 fully saturated rings. The highest BCUT2D eigenvalue weighted by Gasteiger charge is 2.21. The lowest BCUT2D eigenvalue weighted by Crippen LogP contribution is -2.52. The number of ether oxygens (including phenoxy) is 1. The van der Waals surface area contributed by atoms with E-state index in [9.17, 15) is 13.6 Å². The van der Waals surface area contributed by atoms with Crippen molar-refractivity contribution in [2.24, 2.45) is 4.99 Å². The first kappa shape index (κ1) is 25.4. The Morgan fingerprint density at radius 1 is 1.14 bits per heavy atom. The van der Waals surface area contributed by atoms with Crippen LogP contribution in [0.2, 0.25) is 0 Å². The first-order valence-electron chi connectivity index (χ1n) is 9.77. The molecule has 0 aliphatic carbocycles. The van der Waals surface area contributed by atoms with Crippen LogP contribution in [0.5, 0.6) is 0 Å². The Morgan fingerprint density at radius 3 is 2.48 bits per heavy atom. The summed E-state index contributed by atoms with van der Waals surface area (Å²) in [6.45, 7) is 3.40. The number of carbonyl (C=O) groups is 1. The van der Waals surface area contributed by atoms with E-state index in [0.717, 1.165) is 44.3 Å². The molecule has 1 aromatic rings. The van der Waals surface area contributed by atoms with E-state index in [4.69, 9.17) is 0 Å². The van der Waals surface area contributed by atoms with Crippen LogP contribution < -0.4 is 10.2 Å². The first-order valence-corrected chi connectivity index (χ1v) is 9.77. The minimum Gasteiger partial charge on any atom is -0.469 e. The zero-order chi connectivity index (χ0) is 20.4. The number of unbranched alkanes of at least 4 members (excludes halogenated alkanes) is 3. The average molecular weight is 524 g/mol. The molecule has 0 spiro atoms. The van der Waals surface area contributed by atoms with Crippen LogP contribution in [0.1, 0.15) is 32.1 Å². The van der Waals surface area contributed by atoms with Crippen molar-refractivity contribution >= 4 is 41.6 Å². The highest BCUT2D eigenvalue weighted by Crippen LogP contribution is 2.21. The van der Waals surface area contributed by atoms with Crippen LogP contribution in [0.15, 0.2) is 23.2 Å². The number of nitrogens with one attached hydrogen (secondary N) is 1. The van der Waals surface area contributed by atoms with E-state index < -0.39 is 11.6 Å². The van der Waals surface area contributed by atoms with Crippen LogP contribution in [0, 0.1) is 11.6 Å². The Morgan fingerprint density at radius 2 is 1.83 bits per heavy atom. The van der Waals surface area contributed by atoms with Crippen molar-refractivity contribution in [3.63, 3.8) is 0 Å². The maximum absolute atomic E-state index is 14.0. The third-order valence-corrected chi connectivity index (χ3v) is 4.86. The molecule has 0 bridgehead atoms. The number of nitrogens with zero attached hydrogens (tertiary/aromatic N) is 3. The Hall–Kier alpha value is -1.65. The number of rotatable bonds is 8. The summed E-state index contributed by atoms with van der Waals surface area (Å²) < 4.78 is 32.0. The summed E-state index contributed by atoms with van der Waals surface area (Å²) in [5.74, 6) is -0.155. The number of hydrogen-bond acceptors (Lipinski definition) is 4. The molecule has 0 atom stereocenters. The van der Waals surface area contributed by atoms with Gasteiger partial charge in [-0.25, -0.2) is 8.78 Å². The highest BCUT2D eigenvalue weighted by molar-refractivity contribution is 14.0. The molecule has 29 heavy (non-hydrogen) atoms. The van der Waals surface area contributed by atoms with Crippen LogP contribution in [0.4, 0.5) is 14.5 Å². The summed E-state index contributed by atoms with van der Waals surface area (Å²) in [6, 6.07) is 3.55. The first-order chi connectivity index (χ1) is 13.5. The molecule has 6 nitrogen and oxygen atoms in total. The Labute approximate surface area is 188 Å². The molecule has 164 valence electrons. The summed E-state index contributed by atoms with van der Waals surface area (Å²) >= 11 is 0. The van der Waals surface area contributed by atoms with E-state index >= 15 is 0 Å². The van der Waals surface area contributed by atoms with Gasteiger partial charge in [-0.2, -0.15) is 0 Å². The van der Waals surface area contributed by atoms with Gasteiger partial charge in [0, 0.05) is 52.3 Å². The zero-order valence-electron chi connectivity index (χ0n) is 17.1. The van der Waals surface area contributed by atoms with E-state index in [-0.39, 0.29) is 29.9 Å².